The lowest BCUT2D eigenvalue weighted by Crippen LogP contribution is -2.41. The van der Waals surface area contributed by atoms with Crippen LogP contribution in [-0.4, -0.2) is 42.4 Å². The van der Waals surface area contributed by atoms with Crippen LogP contribution < -0.4 is 5.32 Å². The van der Waals surface area contributed by atoms with Gasteiger partial charge in [0.15, 0.2) is 6.10 Å². The maximum Gasteiger partial charge on any atom is 0.349 e. The van der Waals surface area contributed by atoms with Crippen LogP contribution in [0.25, 0.3) is 0 Å². The van der Waals surface area contributed by atoms with E-state index in [-0.39, 0.29) is 12.5 Å². The van der Waals surface area contributed by atoms with Crippen LogP contribution in [0, 0.1) is 6.92 Å². The highest BCUT2D eigenvalue weighted by Gasteiger charge is 2.24. The molecule has 1 N–H and O–H groups in total. The minimum Gasteiger partial charge on any atom is -0.448 e. The van der Waals surface area contributed by atoms with Crippen LogP contribution in [0.3, 0.4) is 0 Å². The van der Waals surface area contributed by atoms with E-state index in [1.807, 2.05) is 19.1 Å². The van der Waals surface area contributed by atoms with Crippen LogP contribution >= 0.6 is 22.9 Å². The topological polar surface area (TPSA) is 75.7 Å². The van der Waals surface area contributed by atoms with E-state index in [4.69, 9.17) is 16.3 Å². The van der Waals surface area contributed by atoms with Crippen LogP contribution in [0.2, 0.25) is 4.34 Å². The molecule has 0 aliphatic rings. The monoisotopic (exact) mass is 394 g/mol. The van der Waals surface area contributed by atoms with E-state index in [1.54, 1.807) is 18.2 Å². The summed E-state index contributed by atoms with van der Waals surface area (Å²) in [6.07, 6.45) is -1.01. The average molecular weight is 395 g/mol. The molecule has 26 heavy (non-hydrogen) atoms. The number of benzene rings is 1. The Labute approximate surface area is 160 Å². The summed E-state index contributed by atoms with van der Waals surface area (Å²) in [7, 11) is 1.48. The van der Waals surface area contributed by atoms with E-state index < -0.39 is 18.0 Å². The molecule has 6 nitrogen and oxygen atoms in total. The number of nitrogens with one attached hydrogen (secondary N) is 1. The number of hydrogen-bond acceptors (Lipinski definition) is 5. The van der Waals surface area contributed by atoms with Crippen molar-refractivity contribution in [2.24, 2.45) is 0 Å². The van der Waals surface area contributed by atoms with Crippen molar-refractivity contribution in [3.05, 3.63) is 51.2 Å². The smallest absolute Gasteiger partial charge is 0.349 e. The summed E-state index contributed by atoms with van der Waals surface area (Å²) in [5.74, 6) is -1.44. The summed E-state index contributed by atoms with van der Waals surface area (Å²) in [4.78, 5) is 37.8. The van der Waals surface area contributed by atoms with E-state index in [0.717, 1.165) is 16.9 Å². The fraction of sp³-hybridized carbons (Fsp3) is 0.278. The summed E-state index contributed by atoms with van der Waals surface area (Å²) >= 11 is 6.85. The van der Waals surface area contributed by atoms with Crippen molar-refractivity contribution in [1.29, 1.82) is 0 Å². The first-order valence-corrected chi connectivity index (χ1v) is 9.03. The van der Waals surface area contributed by atoms with E-state index in [1.165, 1.54) is 24.9 Å². The molecule has 1 heterocycles. The summed E-state index contributed by atoms with van der Waals surface area (Å²) in [6.45, 7) is 3.26. The van der Waals surface area contributed by atoms with Gasteiger partial charge in [0.2, 0.25) is 5.91 Å². The number of rotatable bonds is 6. The maximum atomic E-state index is 12.3. The lowest BCUT2D eigenvalue weighted by Gasteiger charge is -2.21. The average Bonchev–Trinajstić information content (AvgIpc) is 3.02. The second kappa shape index (κ2) is 8.82. The number of nitrogens with zero attached hydrogens (tertiary/aromatic N) is 1. The van der Waals surface area contributed by atoms with E-state index in [9.17, 15) is 14.4 Å². The fourth-order valence-corrected chi connectivity index (χ4v) is 3.06. The number of anilines is 1. The molecule has 8 heteroatoms. The first-order valence-electron chi connectivity index (χ1n) is 7.84. The summed E-state index contributed by atoms with van der Waals surface area (Å²) in [5, 5.41) is 2.71. The van der Waals surface area contributed by atoms with Crippen molar-refractivity contribution in [3.8, 4) is 0 Å². The standard InChI is InChI=1S/C18H19ClN2O4S/c1-11-4-6-13(7-5-11)20-16(22)10-21(3)17(23)12(2)25-18(24)14-8-9-15(19)26-14/h4-9,12H,10H2,1-3H3,(H,20,22)/t12-/m1/s1. The minimum absolute atomic E-state index is 0.153. The molecule has 0 radical (unpaired) electrons. The quantitative estimate of drug-likeness (QED) is 0.762. The van der Waals surface area contributed by atoms with Crippen molar-refractivity contribution in [1.82, 2.24) is 4.90 Å². The Hall–Kier alpha value is -2.38. The third-order valence-corrected chi connectivity index (χ3v) is 4.71. The zero-order chi connectivity index (χ0) is 19.3. The third-order valence-electron chi connectivity index (χ3n) is 3.50. The summed E-state index contributed by atoms with van der Waals surface area (Å²) in [5.41, 5.74) is 1.73. The van der Waals surface area contributed by atoms with Gasteiger partial charge in [0.05, 0.1) is 10.9 Å². The second-order valence-corrected chi connectivity index (χ2v) is 7.47. The fourth-order valence-electron chi connectivity index (χ4n) is 2.13. The van der Waals surface area contributed by atoms with Crippen molar-refractivity contribution in [3.63, 3.8) is 0 Å². The molecule has 2 amide bonds. The van der Waals surface area contributed by atoms with Crippen molar-refractivity contribution in [2.45, 2.75) is 20.0 Å². The summed E-state index contributed by atoms with van der Waals surface area (Å²) in [6, 6.07) is 10.4. The van der Waals surface area contributed by atoms with E-state index in [2.05, 4.69) is 5.32 Å². The number of likely N-dealkylation sites (N-methyl/N-ethyl adjacent to an activating group) is 1. The molecular weight excluding hydrogens is 376 g/mol. The predicted octanol–water partition coefficient (Wildman–Crippen LogP) is 3.35. The molecule has 0 saturated carbocycles. The molecule has 138 valence electrons. The number of thiophene rings is 1. The van der Waals surface area contributed by atoms with Gasteiger partial charge in [-0.25, -0.2) is 4.79 Å². The van der Waals surface area contributed by atoms with Gasteiger partial charge < -0.3 is 15.0 Å². The number of ether oxygens (including phenoxy) is 1. The molecule has 0 bridgehead atoms. The predicted molar refractivity (Wildman–Crippen MR) is 102 cm³/mol. The van der Waals surface area contributed by atoms with Crippen molar-refractivity contribution >= 4 is 46.4 Å². The largest absolute Gasteiger partial charge is 0.448 e. The lowest BCUT2D eigenvalue weighted by atomic mass is 10.2. The zero-order valence-corrected chi connectivity index (χ0v) is 16.2. The van der Waals surface area contributed by atoms with Gasteiger partial charge in [0.1, 0.15) is 4.88 Å². The van der Waals surface area contributed by atoms with Crippen molar-refractivity contribution < 1.29 is 19.1 Å². The van der Waals surface area contributed by atoms with Crippen molar-refractivity contribution in [2.75, 3.05) is 18.9 Å². The van der Waals surface area contributed by atoms with Crippen LogP contribution in [-0.2, 0) is 14.3 Å². The third kappa shape index (κ3) is 5.57. The zero-order valence-electron chi connectivity index (χ0n) is 14.6. The maximum absolute atomic E-state index is 12.3. The molecule has 1 aromatic carbocycles. The number of esters is 1. The highest BCUT2D eigenvalue weighted by molar-refractivity contribution is 7.17. The van der Waals surface area contributed by atoms with Crippen LogP contribution in [0.5, 0.6) is 0 Å². The lowest BCUT2D eigenvalue weighted by molar-refractivity contribution is -0.140. The first kappa shape index (κ1) is 19.9. The van der Waals surface area contributed by atoms with Gasteiger partial charge in [-0.2, -0.15) is 0 Å². The van der Waals surface area contributed by atoms with E-state index in [0.29, 0.717) is 14.9 Å². The normalized spacial score (nSPS) is 11.5. The Bertz CT molecular complexity index is 804. The van der Waals surface area contributed by atoms with Gasteiger partial charge in [0, 0.05) is 12.7 Å². The molecule has 1 aromatic heterocycles. The minimum atomic E-state index is -1.01. The first-order chi connectivity index (χ1) is 12.3. The van der Waals surface area contributed by atoms with Crippen LogP contribution in [0.1, 0.15) is 22.2 Å². The van der Waals surface area contributed by atoms with Gasteiger partial charge in [-0.1, -0.05) is 29.3 Å². The Morgan fingerprint density at radius 3 is 2.42 bits per heavy atom. The molecule has 2 rings (SSSR count). The molecular formula is C18H19ClN2O4S. The second-order valence-electron chi connectivity index (χ2n) is 5.76. The molecule has 0 aliphatic carbocycles. The number of hydrogen-bond donors (Lipinski definition) is 1. The number of halogens is 1. The van der Waals surface area contributed by atoms with Gasteiger partial charge in [-0.05, 0) is 38.1 Å². The Morgan fingerprint density at radius 2 is 1.85 bits per heavy atom. The number of aryl methyl sites for hydroxylation is 1. The highest BCUT2D eigenvalue weighted by Crippen LogP contribution is 2.22. The Balaban J connectivity index is 1.86. The SMILES string of the molecule is Cc1ccc(NC(=O)CN(C)C(=O)[C@@H](C)OC(=O)c2ccc(Cl)s2)cc1. The Kier molecular flexibility index (Phi) is 6.76. The molecule has 0 saturated heterocycles. The molecule has 0 spiro atoms. The summed E-state index contributed by atoms with van der Waals surface area (Å²) < 4.78 is 5.59. The van der Waals surface area contributed by atoms with Crippen LogP contribution in [0.15, 0.2) is 36.4 Å². The number of amides is 2. The number of carbonyl (C=O) groups is 3. The van der Waals surface area contributed by atoms with Gasteiger partial charge in [0.25, 0.3) is 5.91 Å². The molecule has 0 unspecified atom stereocenters. The Morgan fingerprint density at radius 1 is 1.19 bits per heavy atom. The van der Waals surface area contributed by atoms with Gasteiger partial charge >= 0.3 is 5.97 Å². The highest BCUT2D eigenvalue weighted by atomic mass is 35.5. The van der Waals surface area contributed by atoms with Crippen LogP contribution in [0.4, 0.5) is 5.69 Å². The molecule has 0 aliphatic heterocycles. The van der Waals surface area contributed by atoms with Gasteiger partial charge in [-0.3, -0.25) is 9.59 Å². The number of carbonyl (C=O) groups excluding carboxylic acids is 3. The van der Waals surface area contributed by atoms with E-state index >= 15 is 0 Å². The molecule has 1 atom stereocenters. The van der Waals surface area contributed by atoms with Gasteiger partial charge in [-0.15, -0.1) is 11.3 Å². The molecule has 2 aromatic rings. The molecule has 0 fully saturated rings.